The molecule has 0 radical (unpaired) electrons. The number of carbonyl (C=O) groups is 3. The topological polar surface area (TPSA) is 87.7 Å². The molecular weight excluding hydrogens is 510 g/mol. The number of ether oxygens (including phenoxy) is 1. The quantitative estimate of drug-likeness (QED) is 0.353. The smallest absolute Gasteiger partial charge is 0.408 e. The lowest BCUT2D eigenvalue weighted by Crippen LogP contribution is -2.55. The van der Waals surface area contributed by atoms with Crippen LogP contribution in [0.5, 0.6) is 0 Å². The summed E-state index contributed by atoms with van der Waals surface area (Å²) in [7, 11) is 0. The fraction of sp³-hybridized carbons (Fsp3) is 0.464. The van der Waals surface area contributed by atoms with E-state index in [1.165, 1.54) is 4.90 Å². The van der Waals surface area contributed by atoms with E-state index in [1.807, 2.05) is 58.9 Å². The largest absolute Gasteiger partial charge is 0.444 e. The number of halogens is 1. The van der Waals surface area contributed by atoms with Crippen molar-refractivity contribution in [1.82, 2.24) is 10.2 Å². The molecule has 9 heteroatoms. The minimum atomic E-state index is -1.01. The second-order valence-electron chi connectivity index (χ2n) is 10.4. The second-order valence-corrected chi connectivity index (χ2v) is 11.2. The van der Waals surface area contributed by atoms with Crippen LogP contribution in [0.25, 0.3) is 0 Å². The van der Waals surface area contributed by atoms with E-state index in [4.69, 9.17) is 16.3 Å². The molecule has 2 aromatic carbocycles. The third-order valence-electron chi connectivity index (χ3n) is 5.71. The standard InChI is InChI=1S/C28H38ClN3O4S/c1-16(2)32(26(34)22(15-37)30-27(35)36-28(6,7)8)24(20-14-17(3)12-13-18(20)4)25(33)31-23-19(5)10-9-11-21(23)29/h9-14,16,22,24,37H,15H2,1-8H3,(H,30,35)(H,31,33). The van der Waals surface area contributed by atoms with E-state index in [9.17, 15) is 14.4 Å². The maximum Gasteiger partial charge on any atom is 0.408 e. The Balaban J connectivity index is 2.57. The molecule has 0 heterocycles. The summed E-state index contributed by atoms with van der Waals surface area (Å²) in [6.07, 6.45) is -0.733. The third-order valence-corrected chi connectivity index (χ3v) is 6.39. The molecule has 37 heavy (non-hydrogen) atoms. The number of alkyl carbamates (subject to hydrolysis) is 1. The molecule has 202 valence electrons. The van der Waals surface area contributed by atoms with Crippen LogP contribution in [0, 0.1) is 20.8 Å². The molecule has 3 amide bonds. The molecule has 0 aliphatic heterocycles. The minimum absolute atomic E-state index is 0.0199. The Morgan fingerprint density at radius 2 is 1.70 bits per heavy atom. The molecule has 0 saturated carbocycles. The average Bonchev–Trinajstić information content (AvgIpc) is 2.78. The van der Waals surface area contributed by atoms with Gasteiger partial charge in [-0.15, -0.1) is 0 Å². The van der Waals surface area contributed by atoms with Crippen LogP contribution < -0.4 is 10.6 Å². The fourth-order valence-corrected chi connectivity index (χ4v) is 4.47. The van der Waals surface area contributed by atoms with Crippen LogP contribution in [0.1, 0.15) is 62.9 Å². The first-order valence-corrected chi connectivity index (χ1v) is 13.2. The van der Waals surface area contributed by atoms with E-state index >= 15 is 0 Å². The molecule has 0 bridgehead atoms. The molecule has 2 unspecified atom stereocenters. The van der Waals surface area contributed by atoms with Crippen LogP contribution in [0.2, 0.25) is 5.02 Å². The van der Waals surface area contributed by atoms with E-state index in [1.54, 1.807) is 32.9 Å². The number of amides is 3. The van der Waals surface area contributed by atoms with Crippen molar-refractivity contribution in [2.45, 2.75) is 79.1 Å². The van der Waals surface area contributed by atoms with Gasteiger partial charge in [-0.3, -0.25) is 9.59 Å². The summed E-state index contributed by atoms with van der Waals surface area (Å²) >= 11 is 10.7. The van der Waals surface area contributed by atoms with Crippen molar-refractivity contribution in [2.75, 3.05) is 11.1 Å². The number of nitrogens with one attached hydrogen (secondary N) is 2. The molecule has 0 saturated heterocycles. The van der Waals surface area contributed by atoms with Gasteiger partial charge in [0.25, 0.3) is 5.91 Å². The van der Waals surface area contributed by atoms with Crippen LogP contribution in [0.3, 0.4) is 0 Å². The number of para-hydroxylation sites is 1. The predicted molar refractivity (Wildman–Crippen MR) is 152 cm³/mol. The zero-order chi connectivity index (χ0) is 28.1. The summed E-state index contributed by atoms with van der Waals surface area (Å²) in [5.41, 5.74) is 3.02. The Labute approximate surface area is 230 Å². The number of hydrogen-bond acceptors (Lipinski definition) is 5. The Morgan fingerprint density at radius 1 is 1.05 bits per heavy atom. The third kappa shape index (κ3) is 8.14. The number of hydrogen-bond donors (Lipinski definition) is 3. The van der Waals surface area contributed by atoms with Crippen molar-refractivity contribution in [3.63, 3.8) is 0 Å². The van der Waals surface area contributed by atoms with Gasteiger partial charge in [-0.05, 0) is 78.1 Å². The Hall–Kier alpha value is -2.71. The minimum Gasteiger partial charge on any atom is -0.444 e. The van der Waals surface area contributed by atoms with Crippen molar-refractivity contribution in [3.05, 3.63) is 63.7 Å². The molecule has 0 aromatic heterocycles. The molecule has 0 fully saturated rings. The van der Waals surface area contributed by atoms with Gasteiger partial charge < -0.3 is 20.3 Å². The highest BCUT2D eigenvalue weighted by atomic mass is 35.5. The summed E-state index contributed by atoms with van der Waals surface area (Å²) in [4.78, 5) is 41.8. The molecule has 0 spiro atoms. The van der Waals surface area contributed by atoms with Crippen molar-refractivity contribution in [3.8, 4) is 0 Å². The van der Waals surface area contributed by atoms with E-state index in [0.29, 0.717) is 16.3 Å². The number of nitrogens with zero attached hydrogens (tertiary/aromatic N) is 1. The van der Waals surface area contributed by atoms with Crippen LogP contribution in [-0.4, -0.2) is 46.2 Å². The lowest BCUT2D eigenvalue weighted by Gasteiger charge is -2.37. The van der Waals surface area contributed by atoms with E-state index in [2.05, 4.69) is 23.3 Å². The molecule has 2 rings (SSSR count). The number of rotatable bonds is 8. The number of benzene rings is 2. The Kier molecular flexibility index (Phi) is 10.5. The van der Waals surface area contributed by atoms with Gasteiger partial charge in [0.2, 0.25) is 5.91 Å². The van der Waals surface area contributed by atoms with Crippen LogP contribution >= 0.6 is 24.2 Å². The fourth-order valence-electron chi connectivity index (χ4n) is 3.95. The van der Waals surface area contributed by atoms with Gasteiger partial charge in [-0.1, -0.05) is 47.5 Å². The molecule has 2 atom stereocenters. The van der Waals surface area contributed by atoms with Crippen LogP contribution in [0.15, 0.2) is 36.4 Å². The number of anilines is 1. The van der Waals surface area contributed by atoms with E-state index in [0.717, 1.165) is 16.7 Å². The van der Waals surface area contributed by atoms with Crippen molar-refractivity contribution < 1.29 is 19.1 Å². The summed E-state index contributed by atoms with van der Waals surface area (Å²) in [5, 5.41) is 5.96. The van der Waals surface area contributed by atoms with Gasteiger partial charge in [0.1, 0.15) is 17.7 Å². The maximum atomic E-state index is 14.0. The summed E-state index contributed by atoms with van der Waals surface area (Å²) < 4.78 is 5.34. The first kappa shape index (κ1) is 30.5. The van der Waals surface area contributed by atoms with Crippen molar-refractivity contribution in [1.29, 1.82) is 0 Å². The van der Waals surface area contributed by atoms with Gasteiger partial charge in [0.15, 0.2) is 0 Å². The molecule has 7 nitrogen and oxygen atoms in total. The Morgan fingerprint density at radius 3 is 2.24 bits per heavy atom. The monoisotopic (exact) mass is 547 g/mol. The summed E-state index contributed by atoms with van der Waals surface area (Å²) in [6.45, 7) is 14.5. The zero-order valence-corrected chi connectivity index (χ0v) is 24.5. The maximum absolute atomic E-state index is 14.0. The summed E-state index contributed by atoms with van der Waals surface area (Å²) in [5.74, 6) is -0.846. The normalized spacial score (nSPS) is 13.1. The molecule has 0 aliphatic rings. The molecular formula is C28H38ClN3O4S. The highest BCUT2D eigenvalue weighted by molar-refractivity contribution is 7.80. The lowest BCUT2D eigenvalue weighted by molar-refractivity contribution is -0.142. The first-order valence-electron chi connectivity index (χ1n) is 12.2. The number of thiol groups is 1. The predicted octanol–water partition coefficient (Wildman–Crippen LogP) is 6.01. The SMILES string of the molecule is Cc1ccc(C)c(C(C(=O)Nc2c(C)cccc2Cl)N(C(=O)C(CS)NC(=O)OC(C)(C)C)C(C)C)c1. The highest BCUT2D eigenvalue weighted by Gasteiger charge is 2.38. The number of carbonyl (C=O) groups excluding carboxylic acids is 3. The van der Waals surface area contributed by atoms with Crippen LogP contribution in [-0.2, 0) is 14.3 Å². The second kappa shape index (κ2) is 12.7. The zero-order valence-electron chi connectivity index (χ0n) is 22.8. The van der Waals surface area contributed by atoms with E-state index < -0.39 is 41.6 Å². The lowest BCUT2D eigenvalue weighted by atomic mass is 9.95. The highest BCUT2D eigenvalue weighted by Crippen LogP contribution is 2.32. The molecule has 2 N–H and O–H groups in total. The molecule has 2 aromatic rings. The van der Waals surface area contributed by atoms with Crippen molar-refractivity contribution >= 4 is 47.8 Å². The average molecular weight is 548 g/mol. The van der Waals surface area contributed by atoms with Crippen molar-refractivity contribution in [2.24, 2.45) is 0 Å². The summed E-state index contributed by atoms with van der Waals surface area (Å²) in [6, 6.07) is 8.73. The van der Waals surface area contributed by atoms with Crippen LogP contribution in [0.4, 0.5) is 10.5 Å². The van der Waals surface area contributed by atoms with Gasteiger partial charge in [0, 0.05) is 11.8 Å². The van der Waals surface area contributed by atoms with Gasteiger partial charge in [-0.2, -0.15) is 12.6 Å². The van der Waals surface area contributed by atoms with Gasteiger partial charge >= 0.3 is 6.09 Å². The van der Waals surface area contributed by atoms with Gasteiger partial charge in [-0.25, -0.2) is 4.79 Å². The first-order chi connectivity index (χ1) is 17.2. The van der Waals surface area contributed by atoms with Gasteiger partial charge in [0.05, 0.1) is 10.7 Å². The molecule has 0 aliphatic carbocycles. The number of aryl methyl sites for hydroxylation is 3. The Bertz CT molecular complexity index is 1130. The van der Waals surface area contributed by atoms with E-state index in [-0.39, 0.29) is 5.75 Å².